The number of hydrogen-bond donors (Lipinski definition) is 1. The van der Waals surface area contributed by atoms with Crippen molar-refractivity contribution in [3.8, 4) is 5.75 Å². The summed E-state index contributed by atoms with van der Waals surface area (Å²) in [4.78, 5) is 2.32. The van der Waals surface area contributed by atoms with E-state index in [1.165, 1.54) is 12.8 Å². The monoisotopic (exact) mass is 234 g/mol. The Morgan fingerprint density at radius 2 is 2.00 bits per heavy atom. The SMILES string of the molecule is COc1cccc(N2CC3CCC(C2)O3)c1N. The molecule has 2 aliphatic heterocycles. The van der Waals surface area contributed by atoms with E-state index < -0.39 is 0 Å². The molecule has 1 aromatic carbocycles. The van der Waals surface area contributed by atoms with Crippen molar-refractivity contribution in [1.29, 1.82) is 0 Å². The summed E-state index contributed by atoms with van der Waals surface area (Å²) in [7, 11) is 1.65. The van der Waals surface area contributed by atoms with Crippen LogP contribution in [0.2, 0.25) is 0 Å². The average Bonchev–Trinajstić information content (AvgIpc) is 2.68. The number of rotatable bonds is 2. The van der Waals surface area contributed by atoms with Crippen LogP contribution in [0.4, 0.5) is 11.4 Å². The Bertz CT molecular complexity index is 410. The van der Waals surface area contributed by atoms with E-state index in [1.54, 1.807) is 7.11 Å². The molecule has 2 heterocycles. The predicted molar refractivity (Wildman–Crippen MR) is 67.5 cm³/mol. The smallest absolute Gasteiger partial charge is 0.143 e. The van der Waals surface area contributed by atoms with Gasteiger partial charge in [-0.2, -0.15) is 0 Å². The van der Waals surface area contributed by atoms with Gasteiger partial charge in [0.15, 0.2) is 0 Å². The van der Waals surface area contributed by atoms with Crippen LogP contribution < -0.4 is 15.4 Å². The molecule has 0 aromatic heterocycles. The van der Waals surface area contributed by atoms with Crippen LogP contribution in [0.3, 0.4) is 0 Å². The standard InChI is InChI=1S/C13H18N2O2/c1-16-12-4-2-3-11(13(12)14)15-7-9-5-6-10(8-15)17-9/h2-4,9-10H,5-8,14H2,1H3. The van der Waals surface area contributed by atoms with Gasteiger partial charge in [-0.3, -0.25) is 0 Å². The van der Waals surface area contributed by atoms with Gasteiger partial charge in [0.1, 0.15) is 5.75 Å². The van der Waals surface area contributed by atoms with E-state index in [-0.39, 0.29) is 0 Å². The Morgan fingerprint density at radius 3 is 2.65 bits per heavy atom. The van der Waals surface area contributed by atoms with Gasteiger partial charge in [-0.15, -0.1) is 0 Å². The molecule has 0 spiro atoms. The van der Waals surface area contributed by atoms with E-state index in [0.717, 1.165) is 30.2 Å². The number of para-hydroxylation sites is 1. The second-order valence-electron chi connectivity index (χ2n) is 4.76. The van der Waals surface area contributed by atoms with Crippen LogP contribution in [-0.2, 0) is 4.74 Å². The number of ether oxygens (including phenoxy) is 2. The molecule has 1 aromatic rings. The van der Waals surface area contributed by atoms with Crippen LogP contribution in [0.5, 0.6) is 5.75 Å². The highest BCUT2D eigenvalue weighted by molar-refractivity contribution is 5.74. The van der Waals surface area contributed by atoms with E-state index in [4.69, 9.17) is 15.2 Å². The quantitative estimate of drug-likeness (QED) is 0.790. The second-order valence-corrected chi connectivity index (χ2v) is 4.76. The lowest BCUT2D eigenvalue weighted by Crippen LogP contribution is -2.42. The Balaban J connectivity index is 1.89. The summed E-state index contributed by atoms with van der Waals surface area (Å²) < 4.78 is 11.1. The number of nitrogen functional groups attached to an aromatic ring is 1. The van der Waals surface area contributed by atoms with Crippen molar-refractivity contribution < 1.29 is 9.47 Å². The highest BCUT2D eigenvalue weighted by Crippen LogP contribution is 2.36. The summed E-state index contributed by atoms with van der Waals surface area (Å²) in [5, 5.41) is 0. The van der Waals surface area contributed by atoms with Gasteiger partial charge in [-0.05, 0) is 25.0 Å². The van der Waals surface area contributed by atoms with E-state index in [0.29, 0.717) is 12.2 Å². The van der Waals surface area contributed by atoms with Crippen LogP contribution in [0, 0.1) is 0 Å². The van der Waals surface area contributed by atoms with Gasteiger partial charge in [-0.1, -0.05) is 6.07 Å². The highest BCUT2D eigenvalue weighted by Gasteiger charge is 2.34. The molecular weight excluding hydrogens is 216 g/mol. The van der Waals surface area contributed by atoms with Crippen molar-refractivity contribution >= 4 is 11.4 Å². The van der Waals surface area contributed by atoms with Crippen molar-refractivity contribution in [2.24, 2.45) is 0 Å². The van der Waals surface area contributed by atoms with Gasteiger partial charge >= 0.3 is 0 Å². The molecule has 92 valence electrons. The molecule has 0 aliphatic carbocycles. The van der Waals surface area contributed by atoms with E-state index in [1.807, 2.05) is 12.1 Å². The fourth-order valence-electron chi connectivity index (χ4n) is 2.80. The number of benzene rings is 1. The lowest BCUT2D eigenvalue weighted by atomic mass is 10.2. The number of hydrogen-bond acceptors (Lipinski definition) is 4. The third-order valence-corrected chi connectivity index (χ3v) is 3.65. The van der Waals surface area contributed by atoms with Crippen molar-refractivity contribution in [3.63, 3.8) is 0 Å². The van der Waals surface area contributed by atoms with Crippen molar-refractivity contribution in [2.75, 3.05) is 30.8 Å². The minimum absolute atomic E-state index is 0.374. The molecule has 2 aliphatic rings. The summed E-state index contributed by atoms with van der Waals surface area (Å²) in [6.07, 6.45) is 3.09. The first-order valence-corrected chi connectivity index (χ1v) is 6.11. The maximum absolute atomic E-state index is 6.13. The molecule has 2 N–H and O–H groups in total. The Hall–Kier alpha value is -1.42. The summed E-state index contributed by atoms with van der Waals surface area (Å²) in [5.41, 5.74) is 7.93. The summed E-state index contributed by atoms with van der Waals surface area (Å²) in [5.74, 6) is 0.751. The lowest BCUT2D eigenvalue weighted by Gasteiger charge is -2.34. The number of fused-ring (bicyclic) bond motifs is 2. The minimum atomic E-state index is 0.374. The Morgan fingerprint density at radius 1 is 1.29 bits per heavy atom. The topological polar surface area (TPSA) is 47.7 Å². The summed E-state index contributed by atoms with van der Waals surface area (Å²) in [6.45, 7) is 1.88. The maximum Gasteiger partial charge on any atom is 0.143 e. The highest BCUT2D eigenvalue weighted by atomic mass is 16.5. The van der Waals surface area contributed by atoms with E-state index in [9.17, 15) is 0 Å². The summed E-state index contributed by atoms with van der Waals surface area (Å²) >= 11 is 0. The first-order chi connectivity index (χ1) is 8.28. The van der Waals surface area contributed by atoms with E-state index in [2.05, 4.69) is 11.0 Å². The van der Waals surface area contributed by atoms with Gasteiger partial charge in [0.05, 0.1) is 30.7 Å². The van der Waals surface area contributed by atoms with Crippen LogP contribution in [0.1, 0.15) is 12.8 Å². The summed E-state index contributed by atoms with van der Waals surface area (Å²) in [6, 6.07) is 5.94. The molecule has 0 amide bonds. The zero-order valence-corrected chi connectivity index (χ0v) is 10.1. The molecule has 0 saturated carbocycles. The van der Waals surface area contributed by atoms with Crippen molar-refractivity contribution in [2.45, 2.75) is 25.0 Å². The number of anilines is 2. The molecule has 0 radical (unpaired) electrons. The molecule has 3 rings (SSSR count). The molecule has 2 fully saturated rings. The largest absolute Gasteiger partial charge is 0.495 e. The molecule has 2 bridgehead atoms. The normalized spacial score (nSPS) is 27.2. The Labute approximate surface area is 101 Å². The second kappa shape index (κ2) is 4.11. The third kappa shape index (κ3) is 1.82. The van der Waals surface area contributed by atoms with Gasteiger partial charge < -0.3 is 20.1 Å². The minimum Gasteiger partial charge on any atom is -0.495 e. The first-order valence-electron chi connectivity index (χ1n) is 6.11. The maximum atomic E-state index is 6.13. The molecule has 2 saturated heterocycles. The van der Waals surface area contributed by atoms with Gasteiger partial charge in [0.25, 0.3) is 0 Å². The Kier molecular flexibility index (Phi) is 2.59. The fourth-order valence-corrected chi connectivity index (χ4v) is 2.80. The average molecular weight is 234 g/mol. The van der Waals surface area contributed by atoms with Crippen LogP contribution in [0.25, 0.3) is 0 Å². The molecule has 17 heavy (non-hydrogen) atoms. The van der Waals surface area contributed by atoms with Crippen molar-refractivity contribution in [1.82, 2.24) is 0 Å². The number of nitrogens with zero attached hydrogens (tertiary/aromatic N) is 1. The molecular formula is C13H18N2O2. The van der Waals surface area contributed by atoms with Crippen LogP contribution in [-0.4, -0.2) is 32.4 Å². The fraction of sp³-hybridized carbons (Fsp3) is 0.538. The molecule has 4 heteroatoms. The predicted octanol–water partition coefficient (Wildman–Crippen LogP) is 1.64. The van der Waals surface area contributed by atoms with Gasteiger partial charge in [0.2, 0.25) is 0 Å². The zero-order chi connectivity index (χ0) is 11.8. The van der Waals surface area contributed by atoms with Crippen LogP contribution in [0.15, 0.2) is 18.2 Å². The number of methoxy groups -OCH3 is 1. The number of morpholine rings is 1. The molecule has 4 nitrogen and oxygen atoms in total. The first kappa shape index (κ1) is 10.7. The number of nitrogens with two attached hydrogens (primary N) is 1. The third-order valence-electron chi connectivity index (χ3n) is 3.65. The van der Waals surface area contributed by atoms with Crippen LogP contribution >= 0.6 is 0 Å². The zero-order valence-electron chi connectivity index (χ0n) is 10.1. The van der Waals surface area contributed by atoms with E-state index >= 15 is 0 Å². The molecule has 2 atom stereocenters. The van der Waals surface area contributed by atoms with Crippen molar-refractivity contribution in [3.05, 3.63) is 18.2 Å². The lowest BCUT2D eigenvalue weighted by molar-refractivity contribution is 0.0305. The molecule has 2 unspecified atom stereocenters. The van der Waals surface area contributed by atoms with Gasteiger partial charge in [0, 0.05) is 13.1 Å². The van der Waals surface area contributed by atoms with Gasteiger partial charge in [-0.25, -0.2) is 0 Å².